The lowest BCUT2D eigenvalue weighted by atomic mass is 10.2. The number of aromatic nitrogens is 3. The number of anilines is 2. The van der Waals surface area contributed by atoms with Gasteiger partial charge in [0.25, 0.3) is 0 Å². The Morgan fingerprint density at radius 2 is 1.93 bits per heavy atom. The topological polar surface area (TPSA) is 72.3 Å². The van der Waals surface area contributed by atoms with Crippen molar-refractivity contribution in [3.63, 3.8) is 0 Å². The number of nitrogens with zero attached hydrogens (tertiary/aromatic N) is 4. The Labute approximate surface area is 181 Å². The third kappa shape index (κ3) is 5.13. The first kappa shape index (κ1) is 21.7. The first-order valence-corrected chi connectivity index (χ1v) is 10.7. The van der Waals surface area contributed by atoms with Crippen LogP contribution in [0.2, 0.25) is 0 Å². The van der Waals surface area contributed by atoms with Crippen LogP contribution in [0.3, 0.4) is 0 Å². The second-order valence-corrected chi connectivity index (χ2v) is 8.10. The molecule has 1 heterocycles. The summed E-state index contributed by atoms with van der Waals surface area (Å²) in [6.07, 6.45) is 0. The fourth-order valence-electron chi connectivity index (χ4n) is 2.89. The van der Waals surface area contributed by atoms with Crippen molar-refractivity contribution in [3.8, 4) is 11.4 Å². The molecule has 0 unspecified atom stereocenters. The molecule has 2 aromatic carbocycles. The van der Waals surface area contributed by atoms with E-state index >= 15 is 0 Å². The highest BCUT2D eigenvalue weighted by Gasteiger charge is 2.14. The van der Waals surface area contributed by atoms with Gasteiger partial charge in [-0.05, 0) is 63.2 Å². The van der Waals surface area contributed by atoms with E-state index in [4.69, 9.17) is 4.74 Å². The van der Waals surface area contributed by atoms with Gasteiger partial charge in [-0.15, -0.1) is 10.2 Å². The Morgan fingerprint density at radius 3 is 2.60 bits per heavy atom. The van der Waals surface area contributed by atoms with E-state index in [0.29, 0.717) is 11.2 Å². The van der Waals surface area contributed by atoms with Crippen LogP contribution in [0.25, 0.3) is 5.69 Å². The molecule has 0 aliphatic carbocycles. The molecule has 0 radical (unpaired) electrons. The van der Waals surface area contributed by atoms with Crippen molar-refractivity contribution in [3.05, 3.63) is 54.4 Å². The van der Waals surface area contributed by atoms with E-state index in [1.807, 2.05) is 67.1 Å². The smallest absolute Gasteiger partial charge is 0.234 e. The number of aryl methyl sites for hydroxylation is 1. The van der Waals surface area contributed by atoms with Crippen molar-refractivity contribution < 1.29 is 9.53 Å². The second-order valence-electron chi connectivity index (χ2n) is 7.16. The lowest BCUT2D eigenvalue weighted by Crippen LogP contribution is -2.25. The number of carbonyl (C=O) groups excluding carboxylic acids is 1. The summed E-state index contributed by atoms with van der Waals surface area (Å²) in [6.45, 7) is 6.14. The molecule has 1 aromatic heterocycles. The Kier molecular flexibility index (Phi) is 6.99. The van der Waals surface area contributed by atoms with Crippen LogP contribution in [0, 0.1) is 6.92 Å². The summed E-state index contributed by atoms with van der Waals surface area (Å²) < 4.78 is 7.14. The first-order chi connectivity index (χ1) is 14.4. The van der Waals surface area contributed by atoms with Crippen LogP contribution in [0.15, 0.2) is 53.7 Å². The van der Waals surface area contributed by atoms with Crippen LogP contribution in [0.1, 0.15) is 19.7 Å². The minimum Gasteiger partial charge on any atom is -0.497 e. The number of amides is 1. The molecule has 3 rings (SSSR count). The molecule has 0 saturated heterocycles. The number of thioether (sulfide) groups is 1. The van der Waals surface area contributed by atoms with Crippen molar-refractivity contribution in [1.82, 2.24) is 14.8 Å². The third-order valence-corrected chi connectivity index (χ3v) is 5.70. The predicted octanol–water partition coefficient (Wildman–Crippen LogP) is 4.16. The number of hydrogen-bond donors (Lipinski definition) is 1. The van der Waals surface area contributed by atoms with Gasteiger partial charge in [-0.2, -0.15) is 0 Å². The zero-order chi connectivity index (χ0) is 21.7. The SMILES string of the molecule is COc1ccc(-n2c(C)nnc2SCC(=O)Nc2cccc(N(C)C(C)C)c2)cc1. The molecule has 1 amide bonds. The number of rotatable bonds is 8. The van der Waals surface area contributed by atoms with E-state index in [1.165, 1.54) is 11.8 Å². The maximum Gasteiger partial charge on any atom is 0.234 e. The Balaban J connectivity index is 1.66. The Morgan fingerprint density at radius 1 is 1.20 bits per heavy atom. The highest BCUT2D eigenvalue weighted by Crippen LogP contribution is 2.24. The van der Waals surface area contributed by atoms with Gasteiger partial charge in [0.2, 0.25) is 5.91 Å². The monoisotopic (exact) mass is 425 g/mol. The van der Waals surface area contributed by atoms with Crippen LogP contribution in [-0.4, -0.2) is 46.6 Å². The molecule has 1 N–H and O–H groups in total. The Hall–Kier alpha value is -3.00. The number of nitrogens with one attached hydrogen (secondary N) is 1. The summed E-state index contributed by atoms with van der Waals surface area (Å²) in [5.74, 6) is 1.68. The summed E-state index contributed by atoms with van der Waals surface area (Å²) in [4.78, 5) is 14.7. The van der Waals surface area contributed by atoms with Crippen LogP contribution in [0.4, 0.5) is 11.4 Å². The summed E-state index contributed by atoms with van der Waals surface area (Å²) in [7, 11) is 3.67. The van der Waals surface area contributed by atoms with Gasteiger partial charge in [-0.1, -0.05) is 17.8 Å². The van der Waals surface area contributed by atoms with Gasteiger partial charge in [-0.25, -0.2) is 0 Å². The van der Waals surface area contributed by atoms with Gasteiger partial charge in [0, 0.05) is 30.2 Å². The molecule has 0 aliphatic rings. The second kappa shape index (κ2) is 9.67. The average Bonchev–Trinajstić information content (AvgIpc) is 3.12. The highest BCUT2D eigenvalue weighted by atomic mass is 32.2. The number of methoxy groups -OCH3 is 1. The first-order valence-electron chi connectivity index (χ1n) is 9.71. The largest absolute Gasteiger partial charge is 0.497 e. The van der Waals surface area contributed by atoms with E-state index in [0.717, 1.165) is 28.6 Å². The van der Waals surface area contributed by atoms with E-state index in [9.17, 15) is 4.79 Å². The van der Waals surface area contributed by atoms with Gasteiger partial charge in [-0.3, -0.25) is 9.36 Å². The minimum atomic E-state index is -0.0914. The van der Waals surface area contributed by atoms with Crippen LogP contribution < -0.4 is 15.0 Å². The van der Waals surface area contributed by atoms with E-state index in [-0.39, 0.29) is 11.7 Å². The van der Waals surface area contributed by atoms with Crippen molar-refractivity contribution in [2.75, 3.05) is 30.1 Å². The van der Waals surface area contributed by atoms with Crippen LogP contribution in [0.5, 0.6) is 5.75 Å². The van der Waals surface area contributed by atoms with Crippen molar-refractivity contribution in [1.29, 1.82) is 0 Å². The summed E-state index contributed by atoms with van der Waals surface area (Å²) in [6, 6.07) is 15.9. The molecule has 158 valence electrons. The third-order valence-electron chi connectivity index (χ3n) is 4.77. The van der Waals surface area contributed by atoms with Crippen molar-refractivity contribution >= 4 is 29.0 Å². The lowest BCUT2D eigenvalue weighted by molar-refractivity contribution is -0.113. The molecule has 0 spiro atoms. The molecule has 0 bridgehead atoms. The number of carbonyl (C=O) groups is 1. The fourth-order valence-corrected chi connectivity index (χ4v) is 3.69. The molecule has 0 atom stereocenters. The quantitative estimate of drug-likeness (QED) is 0.547. The molecule has 0 saturated carbocycles. The zero-order valence-corrected chi connectivity index (χ0v) is 18.7. The zero-order valence-electron chi connectivity index (χ0n) is 17.9. The summed E-state index contributed by atoms with van der Waals surface area (Å²) in [5.41, 5.74) is 2.76. The molecule has 7 nitrogen and oxygen atoms in total. The molecule has 30 heavy (non-hydrogen) atoms. The van der Waals surface area contributed by atoms with Crippen LogP contribution in [-0.2, 0) is 4.79 Å². The maximum absolute atomic E-state index is 12.5. The number of benzene rings is 2. The summed E-state index contributed by atoms with van der Waals surface area (Å²) in [5, 5.41) is 12.0. The average molecular weight is 426 g/mol. The molecule has 3 aromatic rings. The van der Waals surface area contributed by atoms with Gasteiger partial charge >= 0.3 is 0 Å². The Bertz CT molecular complexity index is 1000. The van der Waals surface area contributed by atoms with Gasteiger partial charge in [0.15, 0.2) is 5.16 Å². The number of ether oxygens (including phenoxy) is 1. The van der Waals surface area contributed by atoms with Crippen molar-refractivity contribution in [2.24, 2.45) is 0 Å². The van der Waals surface area contributed by atoms with Crippen LogP contribution >= 0.6 is 11.8 Å². The standard InChI is InChI=1S/C22H27N5O2S/c1-15(2)26(4)19-8-6-7-17(13-19)23-21(28)14-30-22-25-24-16(3)27(22)18-9-11-20(29-5)12-10-18/h6-13,15H,14H2,1-5H3,(H,23,28). The van der Waals surface area contributed by atoms with Gasteiger partial charge < -0.3 is 15.0 Å². The molecule has 0 aliphatic heterocycles. The van der Waals surface area contributed by atoms with E-state index in [2.05, 4.69) is 34.3 Å². The van der Waals surface area contributed by atoms with Gasteiger partial charge in [0.1, 0.15) is 11.6 Å². The predicted molar refractivity (Wildman–Crippen MR) is 122 cm³/mol. The van der Waals surface area contributed by atoms with E-state index < -0.39 is 0 Å². The van der Waals surface area contributed by atoms with Gasteiger partial charge in [0.05, 0.1) is 12.9 Å². The van der Waals surface area contributed by atoms with E-state index in [1.54, 1.807) is 7.11 Å². The maximum atomic E-state index is 12.5. The molecule has 0 fully saturated rings. The fraction of sp³-hybridized carbons (Fsp3) is 0.318. The molecular formula is C22H27N5O2S. The van der Waals surface area contributed by atoms with Crippen molar-refractivity contribution in [2.45, 2.75) is 32.0 Å². The normalized spacial score (nSPS) is 10.9. The molecule has 8 heteroatoms. The highest BCUT2D eigenvalue weighted by molar-refractivity contribution is 7.99. The molecular weight excluding hydrogens is 398 g/mol. The minimum absolute atomic E-state index is 0.0914. The summed E-state index contributed by atoms with van der Waals surface area (Å²) >= 11 is 1.35. The number of hydrogen-bond acceptors (Lipinski definition) is 6. The lowest BCUT2D eigenvalue weighted by Gasteiger charge is -2.24.